The van der Waals surface area contributed by atoms with Crippen LogP contribution in [0.1, 0.15) is 31.2 Å². The number of hydrogen-bond donors (Lipinski definition) is 2. The van der Waals surface area contributed by atoms with E-state index in [1.165, 1.54) is 24.2 Å². The molecule has 0 aliphatic carbocycles. The van der Waals surface area contributed by atoms with E-state index in [2.05, 4.69) is 51.1 Å². The average molecular weight is 425 g/mol. The first kappa shape index (κ1) is 18.1. The molecule has 114 valence electrons. The van der Waals surface area contributed by atoms with Crippen molar-refractivity contribution in [2.75, 3.05) is 25.9 Å². The van der Waals surface area contributed by atoms with Gasteiger partial charge in [0, 0.05) is 25.4 Å². The monoisotopic (exact) mass is 425 g/mol. The molecule has 0 radical (unpaired) electrons. The molecule has 1 aromatic heterocycles. The van der Waals surface area contributed by atoms with Gasteiger partial charge >= 0.3 is 0 Å². The highest BCUT2D eigenvalue weighted by Gasteiger charge is 2.15. The van der Waals surface area contributed by atoms with E-state index in [1.54, 1.807) is 11.3 Å². The zero-order chi connectivity index (χ0) is 13.5. The van der Waals surface area contributed by atoms with Gasteiger partial charge in [-0.15, -0.1) is 24.0 Å². The van der Waals surface area contributed by atoms with Crippen LogP contribution < -0.4 is 10.6 Å². The maximum Gasteiger partial charge on any atom is 0.191 e. The molecule has 0 saturated carbocycles. The molecule has 0 amide bonds. The minimum atomic E-state index is 0. The normalized spacial score (nSPS) is 20.3. The third-order valence-corrected chi connectivity index (χ3v) is 5.53. The van der Waals surface area contributed by atoms with Gasteiger partial charge in [0.25, 0.3) is 0 Å². The molecule has 0 spiro atoms. The van der Waals surface area contributed by atoms with Crippen LogP contribution in [-0.4, -0.2) is 37.1 Å². The van der Waals surface area contributed by atoms with Crippen molar-refractivity contribution in [1.82, 2.24) is 10.6 Å². The summed E-state index contributed by atoms with van der Waals surface area (Å²) in [4.78, 5) is 4.29. The van der Waals surface area contributed by atoms with Crippen LogP contribution in [0.2, 0.25) is 0 Å². The third kappa shape index (κ3) is 5.81. The first-order chi connectivity index (χ1) is 9.29. The van der Waals surface area contributed by atoms with E-state index >= 15 is 0 Å². The number of aliphatic imine (C=N–C) groups is 1. The number of nitrogens with one attached hydrogen (secondary N) is 2. The van der Waals surface area contributed by atoms with Gasteiger partial charge in [-0.1, -0.05) is 6.92 Å². The second-order valence-corrected chi connectivity index (χ2v) is 7.12. The van der Waals surface area contributed by atoms with Gasteiger partial charge in [-0.25, -0.2) is 0 Å². The summed E-state index contributed by atoms with van der Waals surface area (Å²) in [6, 6.07) is 2.20. The SMILES string of the molecule is CN=C(NCC1CCCS1)NCC(C)c1ccsc1.I. The summed E-state index contributed by atoms with van der Waals surface area (Å²) in [5.41, 5.74) is 1.40. The van der Waals surface area contributed by atoms with E-state index in [0.29, 0.717) is 5.92 Å². The summed E-state index contributed by atoms with van der Waals surface area (Å²) >= 11 is 3.83. The second kappa shape index (κ2) is 9.89. The molecule has 1 aromatic rings. The highest BCUT2D eigenvalue weighted by molar-refractivity contribution is 14.0. The van der Waals surface area contributed by atoms with E-state index in [-0.39, 0.29) is 24.0 Å². The van der Waals surface area contributed by atoms with Gasteiger partial charge in [-0.3, -0.25) is 4.99 Å². The van der Waals surface area contributed by atoms with Crippen molar-refractivity contribution < 1.29 is 0 Å². The van der Waals surface area contributed by atoms with Gasteiger partial charge in [-0.05, 0) is 46.9 Å². The van der Waals surface area contributed by atoms with Crippen LogP contribution in [0.5, 0.6) is 0 Å². The van der Waals surface area contributed by atoms with Gasteiger partial charge < -0.3 is 10.6 Å². The molecule has 1 saturated heterocycles. The fourth-order valence-corrected chi connectivity index (χ4v) is 4.14. The van der Waals surface area contributed by atoms with Crippen molar-refractivity contribution >= 4 is 53.0 Å². The first-order valence-corrected chi connectivity index (χ1v) is 8.87. The number of hydrogen-bond acceptors (Lipinski definition) is 3. The topological polar surface area (TPSA) is 36.4 Å². The fraction of sp³-hybridized carbons (Fsp3) is 0.643. The fourth-order valence-electron chi connectivity index (χ4n) is 2.16. The van der Waals surface area contributed by atoms with Crippen LogP contribution in [0.4, 0.5) is 0 Å². The number of thiophene rings is 1. The van der Waals surface area contributed by atoms with Crippen molar-refractivity contribution in [1.29, 1.82) is 0 Å². The zero-order valence-corrected chi connectivity index (χ0v) is 16.1. The highest BCUT2D eigenvalue weighted by atomic mass is 127. The van der Waals surface area contributed by atoms with Gasteiger partial charge in [0.15, 0.2) is 5.96 Å². The van der Waals surface area contributed by atoms with Crippen LogP contribution in [0.3, 0.4) is 0 Å². The minimum Gasteiger partial charge on any atom is -0.356 e. The Morgan fingerprint density at radius 1 is 1.50 bits per heavy atom. The Balaban J connectivity index is 0.00000200. The Hall–Kier alpha value is 0.0500. The van der Waals surface area contributed by atoms with E-state index < -0.39 is 0 Å². The molecule has 1 fully saturated rings. The third-order valence-electron chi connectivity index (χ3n) is 3.43. The molecule has 20 heavy (non-hydrogen) atoms. The van der Waals surface area contributed by atoms with Gasteiger partial charge in [-0.2, -0.15) is 23.1 Å². The predicted octanol–water partition coefficient (Wildman–Crippen LogP) is 3.53. The second-order valence-electron chi connectivity index (χ2n) is 4.93. The molecule has 6 heteroatoms. The van der Waals surface area contributed by atoms with E-state index in [0.717, 1.165) is 24.3 Å². The van der Waals surface area contributed by atoms with Crippen LogP contribution >= 0.6 is 47.1 Å². The Morgan fingerprint density at radius 2 is 2.35 bits per heavy atom. The zero-order valence-electron chi connectivity index (χ0n) is 12.1. The largest absolute Gasteiger partial charge is 0.356 e. The van der Waals surface area contributed by atoms with Gasteiger partial charge in [0.05, 0.1) is 0 Å². The molecular weight excluding hydrogens is 401 g/mol. The Morgan fingerprint density at radius 3 is 2.95 bits per heavy atom. The summed E-state index contributed by atoms with van der Waals surface area (Å²) < 4.78 is 0. The molecule has 0 bridgehead atoms. The van der Waals surface area contributed by atoms with Crippen molar-refractivity contribution in [3.63, 3.8) is 0 Å². The van der Waals surface area contributed by atoms with E-state index in [4.69, 9.17) is 0 Å². The molecule has 2 unspecified atom stereocenters. The molecule has 0 aromatic carbocycles. The lowest BCUT2D eigenvalue weighted by atomic mass is 10.1. The number of rotatable bonds is 5. The quantitative estimate of drug-likeness (QED) is 0.431. The van der Waals surface area contributed by atoms with Crippen LogP contribution in [0.25, 0.3) is 0 Å². The molecule has 2 heterocycles. The number of thioether (sulfide) groups is 1. The summed E-state index contributed by atoms with van der Waals surface area (Å²) in [5, 5.41) is 12.0. The van der Waals surface area contributed by atoms with Gasteiger partial charge in [0.2, 0.25) is 0 Å². The van der Waals surface area contributed by atoms with Crippen molar-refractivity contribution in [3.05, 3.63) is 22.4 Å². The van der Waals surface area contributed by atoms with Crippen molar-refractivity contribution in [3.8, 4) is 0 Å². The Kier molecular flexibility index (Phi) is 8.95. The van der Waals surface area contributed by atoms with E-state index in [9.17, 15) is 0 Å². The predicted molar refractivity (Wildman–Crippen MR) is 103 cm³/mol. The van der Waals surface area contributed by atoms with Crippen molar-refractivity contribution in [2.45, 2.75) is 30.9 Å². The molecular formula is C14H24IN3S2. The molecule has 1 aliphatic rings. The smallest absolute Gasteiger partial charge is 0.191 e. The molecule has 2 atom stereocenters. The van der Waals surface area contributed by atoms with Crippen LogP contribution in [-0.2, 0) is 0 Å². The Labute approximate surface area is 147 Å². The lowest BCUT2D eigenvalue weighted by Gasteiger charge is -2.17. The number of nitrogens with zero attached hydrogens (tertiary/aromatic N) is 1. The standard InChI is InChI=1S/C14H23N3S2.HI/c1-11(12-5-7-18-10-12)8-16-14(15-2)17-9-13-4-3-6-19-13;/h5,7,10-11,13H,3-4,6,8-9H2,1-2H3,(H2,15,16,17);1H. The maximum absolute atomic E-state index is 4.29. The summed E-state index contributed by atoms with van der Waals surface area (Å²) in [6.07, 6.45) is 2.69. The number of halogens is 1. The molecule has 1 aliphatic heterocycles. The number of guanidine groups is 1. The minimum absolute atomic E-state index is 0. The van der Waals surface area contributed by atoms with Crippen LogP contribution in [0, 0.1) is 0 Å². The maximum atomic E-state index is 4.29. The molecule has 3 nitrogen and oxygen atoms in total. The molecule has 2 rings (SSSR count). The summed E-state index contributed by atoms with van der Waals surface area (Å²) in [7, 11) is 1.84. The van der Waals surface area contributed by atoms with Crippen LogP contribution in [0.15, 0.2) is 21.8 Å². The van der Waals surface area contributed by atoms with Gasteiger partial charge in [0.1, 0.15) is 0 Å². The lowest BCUT2D eigenvalue weighted by Crippen LogP contribution is -2.41. The highest BCUT2D eigenvalue weighted by Crippen LogP contribution is 2.25. The first-order valence-electron chi connectivity index (χ1n) is 6.88. The summed E-state index contributed by atoms with van der Waals surface area (Å²) in [5.74, 6) is 2.76. The Bertz CT molecular complexity index is 389. The van der Waals surface area contributed by atoms with Crippen molar-refractivity contribution in [2.24, 2.45) is 4.99 Å². The lowest BCUT2D eigenvalue weighted by molar-refractivity contribution is 0.687. The molecule has 2 N–H and O–H groups in total. The summed E-state index contributed by atoms with van der Waals surface area (Å²) in [6.45, 7) is 4.19. The average Bonchev–Trinajstić information content (AvgIpc) is 3.11. The van der Waals surface area contributed by atoms with E-state index in [1.807, 2.05) is 7.05 Å².